The van der Waals surface area contributed by atoms with Crippen LogP contribution in [0, 0.1) is 6.07 Å². The monoisotopic (exact) mass is 197 g/mol. The SMILES string of the molecule is C[Si](C)(C)CCOCn1c[c]cn1. The lowest BCUT2D eigenvalue weighted by Crippen LogP contribution is -2.22. The third-order valence-electron chi connectivity index (χ3n) is 1.72. The van der Waals surface area contributed by atoms with Crippen LogP contribution in [0.1, 0.15) is 0 Å². The van der Waals surface area contributed by atoms with Crippen LogP contribution in [0.25, 0.3) is 0 Å². The molecule has 1 aromatic rings. The number of ether oxygens (including phenoxy) is 1. The maximum absolute atomic E-state index is 5.47. The fourth-order valence-corrected chi connectivity index (χ4v) is 1.62. The van der Waals surface area contributed by atoms with Gasteiger partial charge in [0.2, 0.25) is 0 Å². The summed E-state index contributed by atoms with van der Waals surface area (Å²) in [5.74, 6) is 0. The zero-order valence-corrected chi connectivity index (χ0v) is 9.58. The molecule has 3 nitrogen and oxygen atoms in total. The average Bonchev–Trinajstić information content (AvgIpc) is 2.48. The topological polar surface area (TPSA) is 27.1 Å². The predicted octanol–water partition coefficient (Wildman–Crippen LogP) is 2.00. The first-order chi connectivity index (χ1) is 6.08. The molecule has 0 amide bonds. The number of rotatable bonds is 5. The summed E-state index contributed by atoms with van der Waals surface area (Å²) >= 11 is 0. The van der Waals surface area contributed by atoms with Crippen molar-refractivity contribution in [1.82, 2.24) is 9.78 Å². The van der Waals surface area contributed by atoms with Gasteiger partial charge in [-0.2, -0.15) is 5.10 Å². The van der Waals surface area contributed by atoms with E-state index >= 15 is 0 Å². The molecule has 73 valence electrons. The van der Waals surface area contributed by atoms with E-state index in [0.29, 0.717) is 6.73 Å². The fraction of sp³-hybridized carbons (Fsp3) is 0.667. The lowest BCUT2D eigenvalue weighted by molar-refractivity contribution is 0.0786. The van der Waals surface area contributed by atoms with Crippen LogP contribution in [0.4, 0.5) is 0 Å². The summed E-state index contributed by atoms with van der Waals surface area (Å²) in [5.41, 5.74) is 0. The zero-order chi connectivity index (χ0) is 9.73. The Morgan fingerprint density at radius 3 is 2.77 bits per heavy atom. The molecule has 0 saturated heterocycles. The summed E-state index contributed by atoms with van der Waals surface area (Å²) in [4.78, 5) is 0. The summed E-state index contributed by atoms with van der Waals surface area (Å²) in [6.07, 6.45) is 3.43. The van der Waals surface area contributed by atoms with Crippen molar-refractivity contribution in [3.05, 3.63) is 18.5 Å². The minimum atomic E-state index is -0.942. The van der Waals surface area contributed by atoms with E-state index in [2.05, 4.69) is 30.8 Å². The Balaban J connectivity index is 2.09. The van der Waals surface area contributed by atoms with Crippen molar-refractivity contribution in [1.29, 1.82) is 0 Å². The van der Waals surface area contributed by atoms with Gasteiger partial charge in [0.1, 0.15) is 6.73 Å². The first-order valence-electron chi connectivity index (χ1n) is 4.54. The third kappa shape index (κ3) is 4.85. The van der Waals surface area contributed by atoms with Crippen molar-refractivity contribution in [2.45, 2.75) is 32.4 Å². The Labute approximate surface area is 80.7 Å². The molecule has 1 aromatic heterocycles. The first-order valence-corrected chi connectivity index (χ1v) is 8.25. The van der Waals surface area contributed by atoms with E-state index < -0.39 is 8.07 Å². The zero-order valence-electron chi connectivity index (χ0n) is 8.58. The molecule has 0 fully saturated rings. The standard InChI is InChI=1S/C9H17N2OSi/c1-13(2,3)8-7-12-9-11-6-4-5-10-11/h5-6H,7-9H2,1-3H3. The second-order valence-electron chi connectivity index (χ2n) is 4.33. The molecule has 0 atom stereocenters. The summed E-state index contributed by atoms with van der Waals surface area (Å²) < 4.78 is 7.21. The van der Waals surface area contributed by atoms with Gasteiger partial charge in [0.05, 0.1) is 6.20 Å². The van der Waals surface area contributed by atoms with E-state index in [0.717, 1.165) is 6.61 Å². The highest BCUT2D eigenvalue weighted by Gasteiger charge is 2.11. The van der Waals surface area contributed by atoms with E-state index in [-0.39, 0.29) is 0 Å². The molecule has 0 aliphatic heterocycles. The van der Waals surface area contributed by atoms with Crippen molar-refractivity contribution in [3.8, 4) is 0 Å². The molecular formula is C9H17N2OSi. The number of hydrogen-bond acceptors (Lipinski definition) is 2. The van der Waals surface area contributed by atoms with Gasteiger partial charge in [-0.05, 0) is 6.04 Å². The quantitative estimate of drug-likeness (QED) is 0.533. The van der Waals surface area contributed by atoms with Gasteiger partial charge in [-0.3, -0.25) is 0 Å². The van der Waals surface area contributed by atoms with Crippen LogP contribution in [0.3, 0.4) is 0 Å². The Bertz CT molecular complexity index is 228. The van der Waals surface area contributed by atoms with Crippen LogP contribution in [0.2, 0.25) is 25.7 Å². The molecule has 13 heavy (non-hydrogen) atoms. The molecule has 0 N–H and O–H groups in total. The summed E-state index contributed by atoms with van der Waals surface area (Å²) in [6, 6.07) is 4.07. The van der Waals surface area contributed by atoms with Crippen molar-refractivity contribution < 1.29 is 4.74 Å². The minimum Gasteiger partial charge on any atom is -0.360 e. The molecule has 0 unspecified atom stereocenters. The van der Waals surface area contributed by atoms with Crippen LogP contribution in [-0.2, 0) is 11.5 Å². The molecule has 4 heteroatoms. The van der Waals surface area contributed by atoms with Crippen molar-refractivity contribution in [3.63, 3.8) is 0 Å². The Kier molecular flexibility index (Phi) is 3.68. The highest BCUT2D eigenvalue weighted by Crippen LogP contribution is 2.07. The van der Waals surface area contributed by atoms with Crippen LogP contribution in [0.15, 0.2) is 12.4 Å². The van der Waals surface area contributed by atoms with Crippen LogP contribution < -0.4 is 0 Å². The van der Waals surface area contributed by atoms with Gasteiger partial charge >= 0.3 is 0 Å². The van der Waals surface area contributed by atoms with E-state index in [1.807, 2.05) is 0 Å². The smallest absolute Gasteiger partial charge is 0.139 e. The maximum atomic E-state index is 5.47. The number of aromatic nitrogens is 2. The minimum absolute atomic E-state index is 0.550. The first kappa shape index (κ1) is 10.5. The van der Waals surface area contributed by atoms with Crippen molar-refractivity contribution >= 4 is 8.07 Å². The van der Waals surface area contributed by atoms with Crippen molar-refractivity contribution in [2.75, 3.05) is 6.61 Å². The van der Waals surface area contributed by atoms with E-state index in [9.17, 15) is 0 Å². The molecule has 1 rings (SSSR count). The van der Waals surface area contributed by atoms with E-state index in [1.165, 1.54) is 6.04 Å². The summed E-state index contributed by atoms with van der Waals surface area (Å²) in [5, 5.41) is 4.00. The molecule has 0 spiro atoms. The number of hydrogen-bond donors (Lipinski definition) is 0. The molecular weight excluding hydrogens is 180 g/mol. The Morgan fingerprint density at radius 1 is 1.46 bits per heavy atom. The van der Waals surface area contributed by atoms with Crippen molar-refractivity contribution in [2.24, 2.45) is 0 Å². The van der Waals surface area contributed by atoms with Gasteiger partial charge in [-0.15, -0.1) is 0 Å². The molecule has 0 saturated carbocycles. The Morgan fingerprint density at radius 2 is 2.23 bits per heavy atom. The van der Waals surface area contributed by atoms with Gasteiger partial charge in [-0.25, -0.2) is 4.68 Å². The third-order valence-corrected chi connectivity index (χ3v) is 3.43. The number of nitrogens with zero attached hydrogens (tertiary/aromatic N) is 2. The average molecular weight is 197 g/mol. The largest absolute Gasteiger partial charge is 0.360 e. The van der Waals surface area contributed by atoms with Crippen LogP contribution in [0.5, 0.6) is 0 Å². The normalized spacial score (nSPS) is 11.9. The van der Waals surface area contributed by atoms with Gasteiger partial charge in [0.15, 0.2) is 0 Å². The second kappa shape index (κ2) is 4.57. The van der Waals surface area contributed by atoms with Gasteiger partial charge < -0.3 is 4.74 Å². The van der Waals surface area contributed by atoms with E-state index in [4.69, 9.17) is 4.74 Å². The van der Waals surface area contributed by atoms with E-state index in [1.54, 1.807) is 17.1 Å². The lowest BCUT2D eigenvalue weighted by Gasteiger charge is -2.15. The Hall–Kier alpha value is -0.613. The summed E-state index contributed by atoms with van der Waals surface area (Å²) in [6.45, 7) is 8.43. The predicted molar refractivity (Wildman–Crippen MR) is 55.2 cm³/mol. The molecule has 0 aromatic carbocycles. The highest BCUT2D eigenvalue weighted by atomic mass is 28.3. The summed E-state index contributed by atoms with van der Waals surface area (Å²) in [7, 11) is -0.942. The lowest BCUT2D eigenvalue weighted by atomic mass is 10.8. The fourth-order valence-electron chi connectivity index (χ4n) is 0.867. The molecule has 0 bridgehead atoms. The van der Waals surface area contributed by atoms with Gasteiger partial charge in [0, 0.05) is 26.9 Å². The molecule has 0 aliphatic carbocycles. The maximum Gasteiger partial charge on any atom is 0.139 e. The highest BCUT2D eigenvalue weighted by molar-refractivity contribution is 6.76. The van der Waals surface area contributed by atoms with Crippen LogP contribution in [-0.4, -0.2) is 24.5 Å². The second-order valence-corrected chi connectivity index (χ2v) is 9.95. The van der Waals surface area contributed by atoms with Crippen LogP contribution >= 0.6 is 0 Å². The molecule has 1 heterocycles. The van der Waals surface area contributed by atoms with Gasteiger partial charge in [-0.1, -0.05) is 19.6 Å². The molecule has 1 radical (unpaired) electrons. The van der Waals surface area contributed by atoms with Gasteiger partial charge in [0.25, 0.3) is 0 Å². The molecule has 0 aliphatic rings.